The van der Waals surface area contributed by atoms with Gasteiger partial charge in [0.25, 0.3) is 5.95 Å². The van der Waals surface area contributed by atoms with Crippen molar-refractivity contribution in [3.8, 4) is 11.8 Å². The number of benzene rings is 1. The second-order valence-electron chi connectivity index (χ2n) is 7.68. The van der Waals surface area contributed by atoms with E-state index in [4.69, 9.17) is 0 Å². The zero-order valence-electron chi connectivity index (χ0n) is 16.3. The molecule has 28 heavy (non-hydrogen) atoms. The van der Waals surface area contributed by atoms with Gasteiger partial charge in [-0.15, -0.1) is 0 Å². The van der Waals surface area contributed by atoms with Crippen molar-refractivity contribution >= 4 is 0 Å². The summed E-state index contributed by atoms with van der Waals surface area (Å²) in [6.07, 6.45) is 10.4. The summed E-state index contributed by atoms with van der Waals surface area (Å²) < 4.78 is 39.6. The fourth-order valence-electron chi connectivity index (χ4n) is 3.98. The summed E-state index contributed by atoms with van der Waals surface area (Å²) in [5.41, 5.74) is 1.78. The summed E-state index contributed by atoms with van der Waals surface area (Å²) in [5.74, 6) is 3.05. The molecule has 0 N–H and O–H groups in total. The molecule has 1 nitrogen and oxygen atoms in total. The molecule has 1 saturated carbocycles. The van der Waals surface area contributed by atoms with Gasteiger partial charge in [-0.2, -0.15) is 13.8 Å². The first-order chi connectivity index (χ1) is 13.6. The fraction of sp³-hybridized carbons (Fsp3) is 0.458. The van der Waals surface area contributed by atoms with E-state index in [-0.39, 0.29) is 5.56 Å². The minimum Gasteiger partial charge on any atom is -0.202 e. The summed E-state index contributed by atoms with van der Waals surface area (Å²) in [6.45, 7) is 2.25. The van der Waals surface area contributed by atoms with Crippen molar-refractivity contribution in [1.82, 2.24) is 4.98 Å². The molecule has 4 heteroatoms. The van der Waals surface area contributed by atoms with E-state index in [1.165, 1.54) is 56.9 Å². The minimum atomic E-state index is -1.45. The SMILES string of the molecule is CCCCCC1CCC(c2ccc(C#Cc3cc(F)c(F)nc3F)cc2)CC1. The number of halogens is 3. The quantitative estimate of drug-likeness (QED) is 0.315. The topological polar surface area (TPSA) is 12.9 Å². The number of nitrogens with zero attached hydrogens (tertiary/aromatic N) is 1. The monoisotopic (exact) mass is 385 g/mol. The van der Waals surface area contributed by atoms with E-state index in [0.717, 1.165) is 12.0 Å². The van der Waals surface area contributed by atoms with Gasteiger partial charge in [0.05, 0.1) is 5.56 Å². The van der Waals surface area contributed by atoms with Crippen molar-refractivity contribution in [2.45, 2.75) is 64.2 Å². The molecule has 3 rings (SSSR count). The first kappa shape index (κ1) is 20.5. The summed E-state index contributed by atoms with van der Waals surface area (Å²) in [6, 6.07) is 8.69. The lowest BCUT2D eigenvalue weighted by Gasteiger charge is -2.29. The molecule has 1 aromatic heterocycles. The van der Waals surface area contributed by atoms with E-state index >= 15 is 0 Å². The Morgan fingerprint density at radius 3 is 2.32 bits per heavy atom. The predicted molar refractivity (Wildman–Crippen MR) is 105 cm³/mol. The molecule has 0 bridgehead atoms. The van der Waals surface area contributed by atoms with Crippen LogP contribution in [0, 0.1) is 35.5 Å². The molecule has 0 amide bonds. The lowest BCUT2D eigenvalue weighted by Crippen LogP contribution is -2.13. The van der Waals surface area contributed by atoms with Gasteiger partial charge in [0.1, 0.15) is 0 Å². The molecular formula is C24H26F3N. The highest BCUT2D eigenvalue weighted by molar-refractivity contribution is 5.43. The molecule has 148 valence electrons. The van der Waals surface area contributed by atoms with Crippen molar-refractivity contribution in [2.24, 2.45) is 5.92 Å². The van der Waals surface area contributed by atoms with Crippen LogP contribution in [0.3, 0.4) is 0 Å². The standard InChI is InChI=1S/C24H26F3N/c1-2-3-4-5-17-6-11-19(12-7-17)20-13-8-18(9-14-20)10-15-21-16-22(25)24(27)28-23(21)26/h8-9,13-14,16-17,19H,2-7,11-12H2,1H3. The van der Waals surface area contributed by atoms with Crippen molar-refractivity contribution in [3.63, 3.8) is 0 Å². The summed E-state index contributed by atoms with van der Waals surface area (Å²) in [5, 5.41) is 0. The Hall–Kier alpha value is -2.28. The Labute approximate surface area is 165 Å². The fourth-order valence-corrected chi connectivity index (χ4v) is 3.98. The average molecular weight is 385 g/mol. The van der Waals surface area contributed by atoms with Crippen molar-refractivity contribution in [1.29, 1.82) is 0 Å². The highest BCUT2D eigenvalue weighted by Gasteiger charge is 2.21. The van der Waals surface area contributed by atoms with Crippen LogP contribution in [0.4, 0.5) is 13.2 Å². The van der Waals surface area contributed by atoms with Crippen LogP contribution >= 0.6 is 0 Å². The van der Waals surface area contributed by atoms with Crippen LogP contribution in [0.5, 0.6) is 0 Å². The molecule has 0 spiro atoms. The summed E-state index contributed by atoms with van der Waals surface area (Å²) >= 11 is 0. The second-order valence-corrected chi connectivity index (χ2v) is 7.68. The lowest BCUT2D eigenvalue weighted by atomic mass is 9.77. The largest absolute Gasteiger partial charge is 0.251 e. The van der Waals surface area contributed by atoms with Gasteiger partial charge in [-0.1, -0.05) is 56.6 Å². The molecule has 0 atom stereocenters. The Balaban J connectivity index is 1.59. The van der Waals surface area contributed by atoms with Gasteiger partial charge in [0.2, 0.25) is 5.95 Å². The third-order valence-corrected chi connectivity index (χ3v) is 5.67. The van der Waals surface area contributed by atoms with E-state index in [1.807, 2.05) is 12.1 Å². The van der Waals surface area contributed by atoms with Gasteiger partial charge in [-0.3, -0.25) is 0 Å². The Morgan fingerprint density at radius 1 is 0.929 bits per heavy atom. The molecule has 1 heterocycles. The predicted octanol–water partition coefficient (Wildman–Crippen LogP) is 6.75. The van der Waals surface area contributed by atoms with Crippen LogP contribution < -0.4 is 0 Å². The van der Waals surface area contributed by atoms with Gasteiger partial charge >= 0.3 is 0 Å². The zero-order chi connectivity index (χ0) is 19.9. The van der Waals surface area contributed by atoms with Gasteiger partial charge in [0.15, 0.2) is 5.82 Å². The highest BCUT2D eigenvalue weighted by Crippen LogP contribution is 2.37. The normalized spacial score (nSPS) is 19.1. The van der Waals surface area contributed by atoms with Crippen molar-refractivity contribution in [2.75, 3.05) is 0 Å². The molecule has 1 fully saturated rings. The minimum absolute atomic E-state index is 0.246. The Morgan fingerprint density at radius 2 is 1.64 bits per heavy atom. The first-order valence-corrected chi connectivity index (χ1v) is 10.2. The van der Waals surface area contributed by atoms with Crippen LogP contribution in [-0.4, -0.2) is 4.98 Å². The van der Waals surface area contributed by atoms with E-state index in [1.54, 1.807) is 0 Å². The first-order valence-electron chi connectivity index (χ1n) is 10.2. The number of aromatic nitrogens is 1. The average Bonchev–Trinajstić information content (AvgIpc) is 2.71. The zero-order valence-corrected chi connectivity index (χ0v) is 16.3. The Bertz CT molecular complexity index is 841. The third kappa shape index (κ3) is 5.38. The number of hydrogen-bond acceptors (Lipinski definition) is 1. The van der Waals surface area contributed by atoms with E-state index in [0.29, 0.717) is 11.5 Å². The van der Waals surface area contributed by atoms with E-state index in [2.05, 4.69) is 35.9 Å². The number of hydrogen-bond donors (Lipinski definition) is 0. The molecule has 0 radical (unpaired) electrons. The van der Waals surface area contributed by atoms with Crippen molar-refractivity contribution in [3.05, 3.63) is 64.7 Å². The highest BCUT2D eigenvalue weighted by atomic mass is 19.2. The molecule has 0 saturated heterocycles. The molecule has 2 aromatic rings. The maximum Gasteiger partial charge on any atom is 0.251 e. The van der Waals surface area contributed by atoms with Crippen LogP contribution in [0.2, 0.25) is 0 Å². The molecule has 0 unspecified atom stereocenters. The van der Waals surface area contributed by atoms with Gasteiger partial charge < -0.3 is 0 Å². The van der Waals surface area contributed by atoms with Gasteiger partial charge in [0, 0.05) is 5.56 Å². The van der Waals surface area contributed by atoms with Crippen LogP contribution in [-0.2, 0) is 0 Å². The molecule has 1 aliphatic carbocycles. The maximum atomic E-state index is 13.5. The molecule has 1 aromatic carbocycles. The second kappa shape index (κ2) is 9.78. The maximum absolute atomic E-state index is 13.5. The molecule has 0 aliphatic heterocycles. The number of pyridine rings is 1. The van der Waals surface area contributed by atoms with E-state index < -0.39 is 17.7 Å². The number of rotatable bonds is 5. The van der Waals surface area contributed by atoms with Gasteiger partial charge in [-0.05, 0) is 61.3 Å². The molecular weight excluding hydrogens is 359 g/mol. The Kier molecular flexibility index (Phi) is 7.14. The number of unbranched alkanes of at least 4 members (excludes halogenated alkanes) is 2. The summed E-state index contributed by atoms with van der Waals surface area (Å²) in [4.78, 5) is 2.88. The lowest BCUT2D eigenvalue weighted by molar-refractivity contribution is 0.303. The smallest absolute Gasteiger partial charge is 0.202 e. The van der Waals surface area contributed by atoms with Gasteiger partial charge in [-0.25, -0.2) is 4.39 Å². The molecule has 1 aliphatic rings. The third-order valence-electron chi connectivity index (χ3n) is 5.67. The van der Waals surface area contributed by atoms with Crippen LogP contribution in [0.25, 0.3) is 0 Å². The van der Waals surface area contributed by atoms with Crippen LogP contribution in [0.15, 0.2) is 30.3 Å². The van der Waals surface area contributed by atoms with E-state index in [9.17, 15) is 13.2 Å². The van der Waals surface area contributed by atoms with Crippen LogP contribution in [0.1, 0.15) is 80.9 Å². The van der Waals surface area contributed by atoms with Crippen molar-refractivity contribution < 1.29 is 13.2 Å². The summed E-state index contributed by atoms with van der Waals surface area (Å²) in [7, 11) is 0.